The largest absolute Gasteiger partial charge is 0.493 e. The Hall–Kier alpha value is -4.22. The molecule has 0 radical (unpaired) electrons. The van der Waals surface area contributed by atoms with E-state index >= 15 is 0 Å². The Labute approximate surface area is 240 Å². The molecule has 5 aromatic rings. The molecule has 9 nitrogen and oxygen atoms in total. The highest BCUT2D eigenvalue weighted by molar-refractivity contribution is 7.98. The summed E-state index contributed by atoms with van der Waals surface area (Å²) >= 11 is 2.98. The van der Waals surface area contributed by atoms with Gasteiger partial charge in [-0.2, -0.15) is 0 Å². The number of aromatic nitrogens is 5. The third kappa shape index (κ3) is 6.16. The minimum atomic E-state index is -0.199. The molecule has 0 unspecified atom stereocenters. The van der Waals surface area contributed by atoms with E-state index in [-0.39, 0.29) is 5.91 Å². The average Bonchev–Trinajstić information content (AvgIpc) is 3.64. The molecular weight excluding hydrogens is 544 g/mol. The van der Waals surface area contributed by atoms with Crippen molar-refractivity contribution >= 4 is 29.0 Å². The van der Waals surface area contributed by atoms with Crippen molar-refractivity contribution in [3.05, 3.63) is 94.2 Å². The van der Waals surface area contributed by atoms with Gasteiger partial charge in [0.05, 0.1) is 25.7 Å². The molecule has 0 spiro atoms. The monoisotopic (exact) mass is 572 g/mol. The fourth-order valence-electron chi connectivity index (χ4n) is 4.13. The molecule has 1 N–H and O–H groups in total. The third-order valence-corrected chi connectivity index (χ3v) is 8.14. The summed E-state index contributed by atoms with van der Waals surface area (Å²) in [5.41, 5.74) is 4.44. The Morgan fingerprint density at radius 1 is 1.05 bits per heavy atom. The van der Waals surface area contributed by atoms with E-state index < -0.39 is 0 Å². The Balaban J connectivity index is 1.24. The van der Waals surface area contributed by atoms with E-state index in [1.807, 2.05) is 47.0 Å². The third-order valence-electron chi connectivity index (χ3n) is 6.17. The molecule has 1 amide bonds. The molecule has 0 aliphatic heterocycles. The minimum absolute atomic E-state index is 0.199. The number of carbonyl (C=O) groups is 1. The van der Waals surface area contributed by atoms with Crippen LogP contribution in [0.5, 0.6) is 11.5 Å². The number of nitrogens with zero attached hydrogens (tertiary/aromatic N) is 5. The number of rotatable bonds is 11. The summed E-state index contributed by atoms with van der Waals surface area (Å²) < 4.78 is 12.7. The molecule has 0 fully saturated rings. The Morgan fingerprint density at radius 2 is 1.90 bits per heavy atom. The number of amides is 1. The molecule has 0 saturated heterocycles. The zero-order chi connectivity index (χ0) is 27.9. The lowest BCUT2D eigenvalue weighted by Gasteiger charge is -2.12. The predicted octanol–water partition coefficient (Wildman–Crippen LogP) is 5.38. The molecule has 0 aliphatic rings. The smallest absolute Gasteiger partial charge is 0.270 e. The summed E-state index contributed by atoms with van der Waals surface area (Å²) in [5, 5.41) is 15.3. The summed E-state index contributed by atoms with van der Waals surface area (Å²) in [4.78, 5) is 21.5. The Kier molecular flexibility index (Phi) is 8.72. The number of nitrogens with one attached hydrogen (secondary N) is 1. The lowest BCUT2D eigenvalue weighted by Crippen LogP contribution is -2.26. The average molecular weight is 573 g/mol. The van der Waals surface area contributed by atoms with Crippen LogP contribution in [0.3, 0.4) is 0 Å². The number of thiazole rings is 1. The molecule has 3 aromatic heterocycles. The van der Waals surface area contributed by atoms with Crippen molar-refractivity contribution in [1.82, 2.24) is 30.0 Å². The normalized spacial score (nSPS) is 10.9. The first kappa shape index (κ1) is 27.4. The van der Waals surface area contributed by atoms with Crippen LogP contribution in [0.2, 0.25) is 0 Å². The van der Waals surface area contributed by atoms with Crippen molar-refractivity contribution in [2.24, 2.45) is 0 Å². The molecule has 40 heavy (non-hydrogen) atoms. The van der Waals surface area contributed by atoms with Crippen molar-refractivity contribution in [3.63, 3.8) is 0 Å². The number of carbonyl (C=O) groups excluding carboxylic acids is 1. The first-order valence-corrected chi connectivity index (χ1v) is 14.4. The Morgan fingerprint density at radius 3 is 2.67 bits per heavy atom. The summed E-state index contributed by atoms with van der Waals surface area (Å²) in [6.07, 6.45) is 4.18. The van der Waals surface area contributed by atoms with Gasteiger partial charge in [0, 0.05) is 29.9 Å². The SMILES string of the molecule is COc1ccc(CCNC(=O)c2csc(CSc3nnc(-c4cccnc4)n3-c3ccccc3C)n2)cc1OC. The van der Waals surface area contributed by atoms with Crippen LogP contribution in [0, 0.1) is 6.92 Å². The summed E-state index contributed by atoms with van der Waals surface area (Å²) in [6.45, 7) is 2.54. The zero-order valence-electron chi connectivity index (χ0n) is 22.3. The molecule has 0 saturated carbocycles. The van der Waals surface area contributed by atoms with Gasteiger partial charge in [0.15, 0.2) is 22.5 Å². The lowest BCUT2D eigenvalue weighted by atomic mass is 10.1. The molecule has 2 aromatic carbocycles. The van der Waals surface area contributed by atoms with Crippen LogP contribution in [-0.4, -0.2) is 51.4 Å². The maximum absolute atomic E-state index is 12.7. The van der Waals surface area contributed by atoms with Crippen LogP contribution in [0.25, 0.3) is 17.1 Å². The van der Waals surface area contributed by atoms with E-state index in [0.29, 0.717) is 35.9 Å². The first-order chi connectivity index (χ1) is 19.6. The van der Waals surface area contributed by atoms with Gasteiger partial charge in [-0.05, 0) is 54.8 Å². The van der Waals surface area contributed by atoms with Crippen molar-refractivity contribution in [1.29, 1.82) is 0 Å². The first-order valence-electron chi connectivity index (χ1n) is 12.6. The van der Waals surface area contributed by atoms with Crippen LogP contribution >= 0.6 is 23.1 Å². The summed E-state index contributed by atoms with van der Waals surface area (Å²) in [7, 11) is 3.21. The maximum Gasteiger partial charge on any atom is 0.270 e. The van der Waals surface area contributed by atoms with Crippen LogP contribution in [-0.2, 0) is 12.2 Å². The second kappa shape index (κ2) is 12.8. The number of thioether (sulfide) groups is 1. The van der Waals surface area contributed by atoms with E-state index in [0.717, 1.165) is 38.4 Å². The van der Waals surface area contributed by atoms with Crippen LogP contribution in [0.1, 0.15) is 26.6 Å². The van der Waals surface area contributed by atoms with Gasteiger partial charge in [0.2, 0.25) is 0 Å². The number of pyridine rings is 1. The molecule has 0 atom stereocenters. The molecule has 5 rings (SSSR count). The molecule has 3 heterocycles. The lowest BCUT2D eigenvalue weighted by molar-refractivity contribution is 0.0949. The van der Waals surface area contributed by atoms with Gasteiger partial charge in [-0.25, -0.2) is 4.98 Å². The maximum atomic E-state index is 12.7. The number of hydrogen-bond acceptors (Lipinski definition) is 9. The highest BCUT2D eigenvalue weighted by Crippen LogP contribution is 2.31. The number of ether oxygens (including phenoxy) is 2. The fourth-order valence-corrected chi connectivity index (χ4v) is 5.87. The number of para-hydroxylation sites is 1. The Bertz CT molecular complexity index is 1600. The number of benzene rings is 2. The van der Waals surface area contributed by atoms with Crippen LogP contribution < -0.4 is 14.8 Å². The predicted molar refractivity (Wildman–Crippen MR) is 157 cm³/mol. The van der Waals surface area contributed by atoms with Gasteiger partial charge in [0.1, 0.15) is 10.7 Å². The van der Waals surface area contributed by atoms with E-state index in [2.05, 4.69) is 44.5 Å². The van der Waals surface area contributed by atoms with E-state index in [9.17, 15) is 4.79 Å². The number of aryl methyl sites for hydroxylation is 1. The van der Waals surface area contributed by atoms with E-state index in [4.69, 9.17) is 9.47 Å². The van der Waals surface area contributed by atoms with Gasteiger partial charge in [-0.3, -0.25) is 14.3 Å². The van der Waals surface area contributed by atoms with Gasteiger partial charge in [-0.1, -0.05) is 36.0 Å². The minimum Gasteiger partial charge on any atom is -0.493 e. The fraction of sp³-hybridized carbons (Fsp3) is 0.207. The van der Waals surface area contributed by atoms with Crippen molar-refractivity contribution in [2.75, 3.05) is 20.8 Å². The summed E-state index contributed by atoms with van der Waals surface area (Å²) in [6, 6.07) is 17.7. The molecule has 0 aliphatic carbocycles. The van der Waals surface area contributed by atoms with E-state index in [1.165, 1.54) is 23.1 Å². The molecule has 11 heteroatoms. The summed E-state index contributed by atoms with van der Waals surface area (Å²) in [5.74, 6) is 2.42. The second-order valence-electron chi connectivity index (χ2n) is 8.78. The topological polar surface area (TPSA) is 104 Å². The zero-order valence-corrected chi connectivity index (χ0v) is 24.0. The van der Waals surface area contributed by atoms with Gasteiger partial charge in [0.25, 0.3) is 5.91 Å². The quantitative estimate of drug-likeness (QED) is 0.211. The second-order valence-corrected chi connectivity index (χ2v) is 10.7. The molecule has 0 bridgehead atoms. The van der Waals surface area contributed by atoms with Gasteiger partial charge >= 0.3 is 0 Å². The highest BCUT2D eigenvalue weighted by Gasteiger charge is 2.19. The van der Waals surface area contributed by atoms with Crippen LogP contribution in [0.4, 0.5) is 0 Å². The molecule has 204 valence electrons. The van der Waals surface area contributed by atoms with Gasteiger partial charge in [-0.15, -0.1) is 21.5 Å². The highest BCUT2D eigenvalue weighted by atomic mass is 32.2. The number of methoxy groups -OCH3 is 2. The van der Waals surface area contributed by atoms with Gasteiger partial charge < -0.3 is 14.8 Å². The van der Waals surface area contributed by atoms with E-state index in [1.54, 1.807) is 32.0 Å². The molecular formula is C29H28N6O3S2. The van der Waals surface area contributed by atoms with Crippen molar-refractivity contribution in [3.8, 4) is 28.6 Å². The van der Waals surface area contributed by atoms with Crippen LogP contribution in [0.15, 0.2) is 77.5 Å². The van der Waals surface area contributed by atoms with Crippen molar-refractivity contribution in [2.45, 2.75) is 24.3 Å². The number of hydrogen-bond donors (Lipinski definition) is 1. The standard InChI is InChI=1S/C29H28N6O3S2/c1-19-7-4-5-9-23(19)35-27(21-8-6-13-30-16-21)33-34-29(35)40-18-26-32-22(17-39-26)28(36)31-14-12-20-10-11-24(37-2)25(15-20)38-3/h4-11,13,15-17H,12,14,18H2,1-3H3,(H,31,36). The van der Waals surface area contributed by atoms with Crippen molar-refractivity contribution < 1.29 is 14.3 Å².